The molecule has 0 atom stereocenters. The number of hydrogen-bond acceptors (Lipinski definition) is 3. The van der Waals surface area contributed by atoms with Gasteiger partial charge < -0.3 is 5.32 Å². The minimum absolute atomic E-state index is 0.121. The van der Waals surface area contributed by atoms with Crippen LogP contribution in [0.3, 0.4) is 0 Å². The largest absolute Gasteiger partial charge is 0.354 e. The highest BCUT2D eigenvalue weighted by atomic mass is 79.9. The summed E-state index contributed by atoms with van der Waals surface area (Å²) in [6.07, 6.45) is 1.46. The van der Waals surface area contributed by atoms with Gasteiger partial charge in [-0.1, -0.05) is 28.1 Å². The highest BCUT2D eigenvalue weighted by Gasteiger charge is 2.28. The standard InChI is InChI=1S/C15H23BrN2O3S/c1-15(2,3)18(22(4,20)21)10-9-17-14(19)11-12-5-7-13(16)8-6-12/h5-8H,9-11H2,1-4H3,(H,17,19). The summed E-state index contributed by atoms with van der Waals surface area (Å²) in [5, 5.41) is 2.76. The van der Waals surface area contributed by atoms with E-state index in [1.165, 1.54) is 10.6 Å². The quantitative estimate of drug-likeness (QED) is 0.808. The first-order valence-electron chi connectivity index (χ1n) is 6.99. The monoisotopic (exact) mass is 390 g/mol. The Morgan fingerprint density at radius 3 is 2.23 bits per heavy atom. The van der Waals surface area contributed by atoms with Gasteiger partial charge in [-0.2, -0.15) is 4.31 Å². The summed E-state index contributed by atoms with van der Waals surface area (Å²) in [6, 6.07) is 7.52. The number of nitrogens with one attached hydrogen (secondary N) is 1. The van der Waals surface area contributed by atoms with Crippen molar-refractivity contribution in [2.75, 3.05) is 19.3 Å². The highest BCUT2D eigenvalue weighted by Crippen LogP contribution is 2.16. The Hall–Kier alpha value is -0.920. The van der Waals surface area contributed by atoms with Crippen molar-refractivity contribution in [2.24, 2.45) is 0 Å². The molecule has 0 aliphatic heterocycles. The molecule has 0 bridgehead atoms. The number of hydrogen-bond donors (Lipinski definition) is 1. The lowest BCUT2D eigenvalue weighted by Gasteiger charge is -2.33. The average molecular weight is 391 g/mol. The van der Waals surface area contributed by atoms with Crippen molar-refractivity contribution in [2.45, 2.75) is 32.7 Å². The SMILES string of the molecule is CC(C)(C)N(CCNC(=O)Cc1ccc(Br)cc1)S(C)(=O)=O. The summed E-state index contributed by atoms with van der Waals surface area (Å²) in [5.74, 6) is -0.121. The fourth-order valence-corrected chi connectivity index (χ4v) is 3.83. The van der Waals surface area contributed by atoms with Crippen molar-refractivity contribution >= 4 is 31.9 Å². The van der Waals surface area contributed by atoms with E-state index in [0.717, 1.165) is 10.0 Å². The van der Waals surface area contributed by atoms with E-state index in [0.29, 0.717) is 6.54 Å². The topological polar surface area (TPSA) is 66.5 Å². The first-order chi connectivity index (χ1) is 10.00. The van der Waals surface area contributed by atoms with Crippen molar-refractivity contribution < 1.29 is 13.2 Å². The summed E-state index contributed by atoms with van der Waals surface area (Å²) in [6.45, 7) is 6.04. The van der Waals surface area contributed by atoms with Crippen molar-refractivity contribution in [3.63, 3.8) is 0 Å². The maximum atomic E-state index is 11.9. The average Bonchev–Trinajstić information content (AvgIpc) is 2.34. The number of carbonyl (C=O) groups excluding carboxylic acids is 1. The van der Waals surface area contributed by atoms with Gasteiger partial charge in [-0.15, -0.1) is 0 Å². The van der Waals surface area contributed by atoms with Crippen LogP contribution in [0.25, 0.3) is 0 Å². The van der Waals surface area contributed by atoms with Crippen LogP contribution in [0, 0.1) is 0 Å². The van der Waals surface area contributed by atoms with Crippen LogP contribution in [0.15, 0.2) is 28.7 Å². The predicted molar refractivity (Wildman–Crippen MR) is 92.2 cm³/mol. The molecule has 0 aliphatic carbocycles. The van der Waals surface area contributed by atoms with Gasteiger partial charge in [0.1, 0.15) is 0 Å². The lowest BCUT2D eigenvalue weighted by atomic mass is 10.1. The molecule has 1 aromatic rings. The van der Waals surface area contributed by atoms with Crippen LogP contribution in [0.2, 0.25) is 0 Å². The Morgan fingerprint density at radius 2 is 1.77 bits per heavy atom. The normalized spacial score (nSPS) is 12.5. The maximum absolute atomic E-state index is 11.9. The molecule has 22 heavy (non-hydrogen) atoms. The molecule has 0 unspecified atom stereocenters. The summed E-state index contributed by atoms with van der Waals surface area (Å²) in [7, 11) is -3.31. The van der Waals surface area contributed by atoms with E-state index in [2.05, 4.69) is 21.2 Å². The van der Waals surface area contributed by atoms with Crippen LogP contribution in [0.4, 0.5) is 0 Å². The van der Waals surface area contributed by atoms with E-state index in [4.69, 9.17) is 0 Å². The molecule has 0 fully saturated rings. The summed E-state index contributed by atoms with van der Waals surface area (Å²) in [4.78, 5) is 11.9. The van der Waals surface area contributed by atoms with Gasteiger partial charge in [0.15, 0.2) is 0 Å². The van der Waals surface area contributed by atoms with Gasteiger partial charge >= 0.3 is 0 Å². The first-order valence-corrected chi connectivity index (χ1v) is 9.63. The number of nitrogens with zero attached hydrogens (tertiary/aromatic N) is 1. The van der Waals surface area contributed by atoms with E-state index in [1.54, 1.807) is 0 Å². The van der Waals surface area contributed by atoms with E-state index in [1.807, 2.05) is 45.0 Å². The molecule has 0 aromatic heterocycles. The molecule has 0 spiro atoms. The molecule has 1 N–H and O–H groups in total. The van der Waals surface area contributed by atoms with Gasteiger partial charge in [0.2, 0.25) is 15.9 Å². The van der Waals surface area contributed by atoms with E-state index >= 15 is 0 Å². The Morgan fingerprint density at radius 1 is 1.23 bits per heavy atom. The number of carbonyl (C=O) groups is 1. The maximum Gasteiger partial charge on any atom is 0.224 e. The zero-order valence-electron chi connectivity index (χ0n) is 13.4. The Bertz CT molecular complexity index is 607. The van der Waals surface area contributed by atoms with Crippen molar-refractivity contribution in [1.82, 2.24) is 9.62 Å². The zero-order chi connectivity index (χ0) is 17.0. The third kappa shape index (κ3) is 6.46. The first kappa shape index (κ1) is 19.1. The van der Waals surface area contributed by atoms with Crippen molar-refractivity contribution in [3.05, 3.63) is 34.3 Å². The molecule has 1 rings (SSSR count). The fraction of sp³-hybridized carbons (Fsp3) is 0.533. The van der Waals surface area contributed by atoms with Gasteiger partial charge in [0, 0.05) is 23.1 Å². The lowest BCUT2D eigenvalue weighted by Crippen LogP contribution is -2.48. The van der Waals surface area contributed by atoms with Crippen molar-refractivity contribution in [1.29, 1.82) is 0 Å². The van der Waals surface area contributed by atoms with Crippen molar-refractivity contribution in [3.8, 4) is 0 Å². The van der Waals surface area contributed by atoms with E-state index in [9.17, 15) is 13.2 Å². The molecule has 0 aliphatic rings. The number of sulfonamides is 1. The summed E-state index contributed by atoms with van der Waals surface area (Å²) >= 11 is 3.34. The van der Waals surface area contributed by atoms with Gasteiger partial charge in [0.25, 0.3) is 0 Å². The third-order valence-electron chi connectivity index (χ3n) is 3.06. The molecule has 5 nitrogen and oxygen atoms in total. The minimum atomic E-state index is -3.31. The molecule has 124 valence electrons. The van der Waals surface area contributed by atoms with E-state index < -0.39 is 15.6 Å². The number of halogens is 1. The van der Waals surface area contributed by atoms with E-state index in [-0.39, 0.29) is 18.9 Å². The predicted octanol–water partition coefficient (Wildman–Crippen LogP) is 2.17. The molecule has 0 saturated carbocycles. The molecular weight excluding hydrogens is 368 g/mol. The number of rotatable bonds is 6. The second kappa shape index (κ2) is 7.57. The molecule has 0 heterocycles. The zero-order valence-corrected chi connectivity index (χ0v) is 15.8. The smallest absolute Gasteiger partial charge is 0.224 e. The summed E-state index contributed by atoms with van der Waals surface area (Å²) < 4.78 is 25.9. The van der Waals surface area contributed by atoms with Crippen LogP contribution < -0.4 is 5.32 Å². The third-order valence-corrected chi connectivity index (χ3v) is 5.12. The Labute approximate surface area is 141 Å². The Kier molecular flexibility index (Phi) is 6.58. The second-order valence-electron chi connectivity index (χ2n) is 6.16. The fourth-order valence-electron chi connectivity index (χ4n) is 2.15. The molecular formula is C15H23BrN2O3S. The lowest BCUT2D eigenvalue weighted by molar-refractivity contribution is -0.120. The molecule has 1 amide bonds. The van der Waals surface area contributed by atoms with Gasteiger partial charge in [-0.3, -0.25) is 4.79 Å². The minimum Gasteiger partial charge on any atom is -0.354 e. The van der Waals surface area contributed by atoms with Crippen LogP contribution in [0.1, 0.15) is 26.3 Å². The molecule has 0 saturated heterocycles. The van der Waals surface area contributed by atoms with Gasteiger partial charge in [-0.25, -0.2) is 8.42 Å². The van der Waals surface area contributed by atoms with Crippen LogP contribution in [0.5, 0.6) is 0 Å². The van der Waals surface area contributed by atoms with Crippen LogP contribution >= 0.6 is 15.9 Å². The van der Waals surface area contributed by atoms with Crippen LogP contribution in [-0.4, -0.2) is 43.5 Å². The Balaban J connectivity index is 2.52. The number of benzene rings is 1. The van der Waals surface area contributed by atoms with Gasteiger partial charge in [-0.05, 0) is 38.5 Å². The summed E-state index contributed by atoms with van der Waals surface area (Å²) in [5.41, 5.74) is 0.404. The number of amides is 1. The molecule has 1 aromatic carbocycles. The van der Waals surface area contributed by atoms with Crippen LogP contribution in [-0.2, 0) is 21.2 Å². The molecule has 7 heteroatoms. The second-order valence-corrected chi connectivity index (χ2v) is 8.98. The molecule has 0 radical (unpaired) electrons. The van der Waals surface area contributed by atoms with Gasteiger partial charge in [0.05, 0.1) is 12.7 Å². The highest BCUT2D eigenvalue weighted by molar-refractivity contribution is 9.10.